The molecule has 0 saturated heterocycles. The highest BCUT2D eigenvalue weighted by molar-refractivity contribution is 5.76. The molecule has 0 aliphatic carbocycles. The van der Waals surface area contributed by atoms with Crippen molar-refractivity contribution in [1.29, 1.82) is 0 Å². The fraction of sp³-hybridized carbons (Fsp3) is 0.273. The Morgan fingerprint density at radius 3 is 2.69 bits per heavy atom. The van der Waals surface area contributed by atoms with Gasteiger partial charge in [-0.15, -0.1) is 0 Å². The fourth-order valence-electron chi connectivity index (χ4n) is 1.40. The molecule has 1 rings (SSSR count). The van der Waals surface area contributed by atoms with Crippen LogP contribution in [0, 0.1) is 6.92 Å². The molecule has 0 heterocycles. The quantitative estimate of drug-likeness (QED) is 0.726. The lowest BCUT2D eigenvalue weighted by atomic mass is 10.0. The Balaban J connectivity index is 3.31. The van der Waals surface area contributed by atoms with E-state index in [2.05, 4.69) is 18.3 Å². The number of aryl methyl sites for hydroxylation is 1. The second-order valence-corrected chi connectivity index (χ2v) is 2.99. The summed E-state index contributed by atoms with van der Waals surface area (Å²) in [4.78, 5) is 0. The summed E-state index contributed by atoms with van der Waals surface area (Å²) in [6, 6.07) is 6.11. The van der Waals surface area contributed by atoms with Crippen molar-refractivity contribution < 1.29 is 0 Å². The molecule has 1 aromatic rings. The lowest BCUT2D eigenvalue weighted by molar-refractivity contribution is 1.36. The average molecular weight is 176 g/mol. The lowest BCUT2D eigenvalue weighted by Gasteiger charge is -2.11. The maximum atomic E-state index is 5.89. The summed E-state index contributed by atoms with van der Waals surface area (Å²) in [7, 11) is 1.90. The normalized spacial score (nSPS) is 11.5. The molecule has 2 nitrogen and oxygen atoms in total. The van der Waals surface area contributed by atoms with Gasteiger partial charge in [0.1, 0.15) is 0 Å². The first-order valence-corrected chi connectivity index (χ1v) is 4.40. The van der Waals surface area contributed by atoms with E-state index in [1.54, 1.807) is 0 Å². The molecule has 70 valence electrons. The Labute approximate surface area is 79.5 Å². The van der Waals surface area contributed by atoms with Gasteiger partial charge in [0.05, 0.1) is 0 Å². The molecular formula is C11H16N2. The number of benzene rings is 1. The van der Waals surface area contributed by atoms with Crippen molar-refractivity contribution in [2.75, 3.05) is 12.4 Å². The predicted molar refractivity (Wildman–Crippen MR) is 58.6 cm³/mol. The van der Waals surface area contributed by atoms with Gasteiger partial charge in [-0.1, -0.05) is 18.2 Å². The van der Waals surface area contributed by atoms with Gasteiger partial charge in [0.2, 0.25) is 0 Å². The molecule has 0 atom stereocenters. The minimum absolute atomic E-state index is 0.822. The SMILES string of the molecule is C/C=C(/N)c1c(C)cccc1NC. The van der Waals surface area contributed by atoms with Crippen LogP contribution in [0.4, 0.5) is 5.69 Å². The maximum Gasteiger partial charge on any atom is 0.0434 e. The molecule has 0 aromatic heterocycles. The van der Waals surface area contributed by atoms with E-state index < -0.39 is 0 Å². The zero-order valence-corrected chi connectivity index (χ0v) is 8.39. The van der Waals surface area contributed by atoms with Crippen LogP contribution in [0.1, 0.15) is 18.1 Å². The number of nitrogens with one attached hydrogen (secondary N) is 1. The Morgan fingerprint density at radius 2 is 2.15 bits per heavy atom. The molecule has 1 aromatic carbocycles. The Bertz CT molecular complexity index is 327. The Morgan fingerprint density at radius 1 is 1.46 bits per heavy atom. The molecule has 0 spiro atoms. The van der Waals surface area contributed by atoms with E-state index in [4.69, 9.17) is 5.73 Å². The van der Waals surface area contributed by atoms with E-state index >= 15 is 0 Å². The lowest BCUT2D eigenvalue weighted by Crippen LogP contribution is -2.03. The van der Waals surface area contributed by atoms with Crippen molar-refractivity contribution in [3.63, 3.8) is 0 Å². The highest BCUT2D eigenvalue weighted by Gasteiger charge is 2.05. The zero-order chi connectivity index (χ0) is 9.84. The molecular weight excluding hydrogens is 160 g/mol. The molecule has 13 heavy (non-hydrogen) atoms. The highest BCUT2D eigenvalue weighted by Crippen LogP contribution is 2.23. The van der Waals surface area contributed by atoms with Crippen molar-refractivity contribution in [2.45, 2.75) is 13.8 Å². The van der Waals surface area contributed by atoms with Crippen LogP contribution in [0.5, 0.6) is 0 Å². The van der Waals surface area contributed by atoms with Gasteiger partial charge < -0.3 is 11.1 Å². The number of hydrogen-bond acceptors (Lipinski definition) is 2. The van der Waals surface area contributed by atoms with Crippen molar-refractivity contribution in [3.05, 3.63) is 35.4 Å². The molecule has 0 bridgehead atoms. The molecule has 0 unspecified atom stereocenters. The highest BCUT2D eigenvalue weighted by atomic mass is 14.8. The van der Waals surface area contributed by atoms with Crippen LogP contribution >= 0.6 is 0 Å². The van der Waals surface area contributed by atoms with E-state index in [0.29, 0.717) is 0 Å². The summed E-state index contributed by atoms with van der Waals surface area (Å²) in [6.45, 7) is 4.01. The van der Waals surface area contributed by atoms with Crippen molar-refractivity contribution in [3.8, 4) is 0 Å². The first kappa shape index (κ1) is 9.65. The van der Waals surface area contributed by atoms with Crippen molar-refractivity contribution >= 4 is 11.4 Å². The van der Waals surface area contributed by atoms with Gasteiger partial charge in [0.15, 0.2) is 0 Å². The van der Waals surface area contributed by atoms with Crippen LogP contribution in [0.2, 0.25) is 0 Å². The number of anilines is 1. The van der Waals surface area contributed by atoms with E-state index in [1.165, 1.54) is 5.56 Å². The van der Waals surface area contributed by atoms with Crippen LogP contribution in [0.15, 0.2) is 24.3 Å². The topological polar surface area (TPSA) is 38.0 Å². The van der Waals surface area contributed by atoms with Gasteiger partial charge in [-0.25, -0.2) is 0 Å². The number of hydrogen-bond donors (Lipinski definition) is 2. The number of nitrogens with two attached hydrogens (primary N) is 1. The minimum atomic E-state index is 0.822. The predicted octanol–water partition coefficient (Wildman–Crippen LogP) is 2.36. The molecule has 0 aliphatic rings. The standard InChI is InChI=1S/C11H16N2/c1-4-9(12)11-8(2)6-5-7-10(11)13-3/h4-7,13H,12H2,1-3H3/b9-4+. The van der Waals surface area contributed by atoms with Crippen molar-refractivity contribution in [1.82, 2.24) is 0 Å². The second-order valence-electron chi connectivity index (χ2n) is 2.99. The Hall–Kier alpha value is -1.44. The third kappa shape index (κ3) is 1.83. The van der Waals surface area contributed by atoms with Gasteiger partial charge >= 0.3 is 0 Å². The smallest absolute Gasteiger partial charge is 0.0434 e. The number of rotatable bonds is 2. The van der Waals surface area contributed by atoms with Crippen LogP contribution in [0.3, 0.4) is 0 Å². The van der Waals surface area contributed by atoms with Crippen LogP contribution in [-0.2, 0) is 0 Å². The fourth-order valence-corrected chi connectivity index (χ4v) is 1.40. The van der Waals surface area contributed by atoms with Crippen LogP contribution < -0.4 is 11.1 Å². The average Bonchev–Trinajstić information content (AvgIpc) is 2.16. The molecule has 0 saturated carbocycles. The summed E-state index contributed by atoms with van der Waals surface area (Å²) < 4.78 is 0. The summed E-state index contributed by atoms with van der Waals surface area (Å²) in [5.41, 5.74) is 10.1. The van der Waals surface area contributed by atoms with Gasteiger partial charge in [-0.2, -0.15) is 0 Å². The third-order valence-electron chi connectivity index (χ3n) is 2.14. The van der Waals surface area contributed by atoms with Crippen LogP contribution in [0.25, 0.3) is 5.70 Å². The zero-order valence-electron chi connectivity index (χ0n) is 8.39. The molecule has 2 heteroatoms. The molecule has 0 aliphatic heterocycles. The maximum absolute atomic E-state index is 5.89. The van der Waals surface area contributed by atoms with E-state index in [1.807, 2.05) is 32.2 Å². The van der Waals surface area contributed by atoms with Gasteiger partial charge in [0, 0.05) is 24.0 Å². The van der Waals surface area contributed by atoms with E-state index in [9.17, 15) is 0 Å². The van der Waals surface area contributed by atoms with E-state index in [-0.39, 0.29) is 0 Å². The van der Waals surface area contributed by atoms with Gasteiger partial charge in [-0.3, -0.25) is 0 Å². The first-order valence-electron chi connectivity index (χ1n) is 4.40. The minimum Gasteiger partial charge on any atom is -0.398 e. The Kier molecular flexibility index (Phi) is 2.96. The molecule has 0 fully saturated rings. The molecule has 0 amide bonds. The third-order valence-corrected chi connectivity index (χ3v) is 2.14. The van der Waals surface area contributed by atoms with Gasteiger partial charge in [0.25, 0.3) is 0 Å². The molecule has 0 radical (unpaired) electrons. The summed E-state index contributed by atoms with van der Waals surface area (Å²) in [5.74, 6) is 0. The summed E-state index contributed by atoms with van der Waals surface area (Å²) >= 11 is 0. The van der Waals surface area contributed by atoms with Gasteiger partial charge in [-0.05, 0) is 25.5 Å². The summed E-state index contributed by atoms with van der Waals surface area (Å²) in [6.07, 6.45) is 1.92. The van der Waals surface area contributed by atoms with Crippen molar-refractivity contribution in [2.24, 2.45) is 5.73 Å². The largest absolute Gasteiger partial charge is 0.398 e. The van der Waals surface area contributed by atoms with E-state index in [0.717, 1.165) is 16.9 Å². The number of allylic oxidation sites excluding steroid dienone is 1. The second kappa shape index (κ2) is 3.99. The van der Waals surface area contributed by atoms with Crippen LogP contribution in [-0.4, -0.2) is 7.05 Å². The summed E-state index contributed by atoms with van der Waals surface area (Å²) in [5, 5.41) is 3.13. The molecule has 3 N–H and O–H groups in total. The monoisotopic (exact) mass is 176 g/mol. The first-order chi connectivity index (χ1) is 6.20.